The Morgan fingerprint density at radius 3 is 2.79 bits per heavy atom. The van der Waals surface area contributed by atoms with Crippen molar-refractivity contribution in [1.29, 1.82) is 0 Å². The number of nitrogens with zero attached hydrogens (tertiary/aromatic N) is 1. The van der Waals surface area contributed by atoms with Gasteiger partial charge in [-0.1, -0.05) is 25.1 Å². The van der Waals surface area contributed by atoms with E-state index in [-0.39, 0.29) is 5.92 Å². The van der Waals surface area contributed by atoms with Gasteiger partial charge < -0.3 is 9.84 Å². The first-order valence-electron chi connectivity index (χ1n) is 6.67. The molecule has 1 aliphatic heterocycles. The summed E-state index contributed by atoms with van der Waals surface area (Å²) in [6.45, 7) is 7.53. The molecule has 19 heavy (non-hydrogen) atoms. The minimum absolute atomic E-state index is 0.245. The van der Waals surface area contributed by atoms with Gasteiger partial charge >= 0.3 is 5.97 Å². The maximum Gasteiger partial charge on any atom is 0.323 e. The summed E-state index contributed by atoms with van der Waals surface area (Å²) < 4.78 is 5.66. The second kappa shape index (κ2) is 5.21. The molecule has 1 heterocycles. The second-order valence-corrected chi connectivity index (χ2v) is 5.45. The fourth-order valence-electron chi connectivity index (χ4n) is 2.53. The molecular formula is C15H21NO3. The first-order valence-corrected chi connectivity index (χ1v) is 6.67. The zero-order valence-corrected chi connectivity index (χ0v) is 11.7. The van der Waals surface area contributed by atoms with Crippen LogP contribution in [0.5, 0.6) is 5.75 Å². The molecule has 0 saturated heterocycles. The molecule has 1 aliphatic rings. The number of rotatable bonds is 5. The molecule has 0 aliphatic carbocycles. The molecule has 0 spiro atoms. The van der Waals surface area contributed by atoms with E-state index in [2.05, 4.69) is 6.07 Å². The van der Waals surface area contributed by atoms with Gasteiger partial charge in [-0.2, -0.15) is 0 Å². The van der Waals surface area contributed by atoms with Gasteiger partial charge in [-0.05, 0) is 26.5 Å². The quantitative estimate of drug-likeness (QED) is 0.886. The van der Waals surface area contributed by atoms with E-state index in [4.69, 9.17) is 4.74 Å². The van der Waals surface area contributed by atoms with E-state index < -0.39 is 11.5 Å². The fourth-order valence-corrected chi connectivity index (χ4v) is 2.53. The molecule has 4 heteroatoms. The van der Waals surface area contributed by atoms with E-state index in [0.717, 1.165) is 5.75 Å². The van der Waals surface area contributed by atoms with Crippen LogP contribution >= 0.6 is 0 Å². The van der Waals surface area contributed by atoms with E-state index in [1.54, 1.807) is 13.8 Å². The minimum atomic E-state index is -0.855. The molecule has 0 aromatic heterocycles. The summed E-state index contributed by atoms with van der Waals surface area (Å²) in [6, 6.07) is 7.99. The van der Waals surface area contributed by atoms with Crippen LogP contribution in [0.2, 0.25) is 0 Å². The predicted octanol–water partition coefficient (Wildman–Crippen LogP) is 2.35. The van der Waals surface area contributed by atoms with E-state index in [1.165, 1.54) is 5.56 Å². The topological polar surface area (TPSA) is 49.8 Å². The highest BCUT2D eigenvalue weighted by Crippen LogP contribution is 2.34. The highest BCUT2D eigenvalue weighted by molar-refractivity contribution is 5.77. The van der Waals surface area contributed by atoms with E-state index in [9.17, 15) is 9.90 Å². The third-order valence-electron chi connectivity index (χ3n) is 3.94. The SMILES string of the molecule is CCN(CC1COc2ccccc21)C(C)(C)C(=O)O. The number of para-hydroxylation sites is 1. The van der Waals surface area contributed by atoms with Gasteiger partial charge in [0.25, 0.3) is 0 Å². The Balaban J connectivity index is 2.15. The van der Waals surface area contributed by atoms with Gasteiger partial charge in [0.1, 0.15) is 11.3 Å². The van der Waals surface area contributed by atoms with Gasteiger partial charge in [-0.3, -0.25) is 9.69 Å². The van der Waals surface area contributed by atoms with Crippen LogP contribution < -0.4 is 4.74 Å². The molecule has 1 N–H and O–H groups in total. The normalized spacial score (nSPS) is 18.2. The van der Waals surface area contributed by atoms with Crippen LogP contribution in [0.3, 0.4) is 0 Å². The summed E-state index contributed by atoms with van der Waals surface area (Å²) in [6.07, 6.45) is 0. The third-order valence-corrected chi connectivity index (χ3v) is 3.94. The average molecular weight is 263 g/mol. The monoisotopic (exact) mass is 263 g/mol. The molecule has 0 amide bonds. The Kier molecular flexibility index (Phi) is 3.80. The average Bonchev–Trinajstić information content (AvgIpc) is 2.78. The summed E-state index contributed by atoms with van der Waals surface area (Å²) in [4.78, 5) is 13.4. The molecular weight excluding hydrogens is 242 g/mol. The van der Waals surface area contributed by atoms with Gasteiger partial charge in [-0.25, -0.2) is 0 Å². The molecule has 1 aromatic rings. The number of carboxylic acid groups (broad SMARTS) is 1. The molecule has 0 saturated carbocycles. The molecule has 0 radical (unpaired) electrons. The highest BCUT2D eigenvalue weighted by atomic mass is 16.5. The van der Waals surface area contributed by atoms with E-state index in [1.807, 2.05) is 30.0 Å². The lowest BCUT2D eigenvalue weighted by atomic mass is 9.96. The maximum absolute atomic E-state index is 11.4. The van der Waals surface area contributed by atoms with Gasteiger partial charge in [-0.15, -0.1) is 0 Å². The molecule has 104 valence electrons. The Hall–Kier alpha value is -1.55. The number of carbonyl (C=O) groups is 1. The number of likely N-dealkylation sites (N-methyl/N-ethyl adjacent to an activating group) is 1. The lowest BCUT2D eigenvalue weighted by Gasteiger charge is -2.35. The van der Waals surface area contributed by atoms with Crippen molar-refractivity contribution in [3.05, 3.63) is 29.8 Å². The molecule has 1 atom stereocenters. The maximum atomic E-state index is 11.4. The van der Waals surface area contributed by atoms with Crippen molar-refractivity contribution in [3.63, 3.8) is 0 Å². The fraction of sp³-hybridized carbons (Fsp3) is 0.533. The summed E-state index contributed by atoms with van der Waals surface area (Å²) in [5, 5.41) is 9.34. The Labute approximate surface area is 114 Å². The molecule has 0 fully saturated rings. The van der Waals surface area contributed by atoms with Crippen molar-refractivity contribution in [2.45, 2.75) is 32.2 Å². The van der Waals surface area contributed by atoms with Crippen molar-refractivity contribution in [1.82, 2.24) is 4.90 Å². The van der Waals surface area contributed by atoms with Crippen LogP contribution in [0.25, 0.3) is 0 Å². The number of hydrogen-bond donors (Lipinski definition) is 1. The van der Waals surface area contributed by atoms with Crippen LogP contribution in [-0.2, 0) is 4.79 Å². The first-order chi connectivity index (χ1) is 8.96. The van der Waals surface area contributed by atoms with Crippen molar-refractivity contribution in [2.75, 3.05) is 19.7 Å². The Morgan fingerprint density at radius 1 is 1.47 bits per heavy atom. The van der Waals surface area contributed by atoms with E-state index in [0.29, 0.717) is 19.7 Å². The number of fused-ring (bicyclic) bond motifs is 1. The minimum Gasteiger partial charge on any atom is -0.493 e. The number of ether oxygens (including phenoxy) is 1. The lowest BCUT2D eigenvalue weighted by molar-refractivity contribution is -0.149. The first kappa shape index (κ1) is 13.9. The highest BCUT2D eigenvalue weighted by Gasteiger charge is 2.36. The van der Waals surface area contributed by atoms with Crippen molar-refractivity contribution >= 4 is 5.97 Å². The number of carboxylic acids is 1. The van der Waals surface area contributed by atoms with Crippen LogP contribution in [0.15, 0.2) is 24.3 Å². The molecule has 0 bridgehead atoms. The summed E-state index contributed by atoms with van der Waals surface area (Å²) >= 11 is 0. The van der Waals surface area contributed by atoms with Crippen LogP contribution in [0.4, 0.5) is 0 Å². The van der Waals surface area contributed by atoms with Crippen molar-refractivity contribution < 1.29 is 14.6 Å². The second-order valence-electron chi connectivity index (χ2n) is 5.45. The van der Waals surface area contributed by atoms with Gasteiger partial charge in [0.2, 0.25) is 0 Å². The lowest BCUT2D eigenvalue weighted by Crippen LogP contribution is -2.51. The predicted molar refractivity (Wildman–Crippen MR) is 73.6 cm³/mol. The number of aliphatic carboxylic acids is 1. The summed E-state index contributed by atoms with van der Waals surface area (Å²) in [7, 11) is 0. The van der Waals surface area contributed by atoms with Gasteiger partial charge in [0.15, 0.2) is 0 Å². The summed E-state index contributed by atoms with van der Waals surface area (Å²) in [5.41, 5.74) is 0.328. The van der Waals surface area contributed by atoms with Crippen LogP contribution in [0.1, 0.15) is 32.3 Å². The number of hydrogen-bond acceptors (Lipinski definition) is 3. The standard InChI is InChI=1S/C15H21NO3/c1-4-16(15(2,3)14(17)18)9-11-10-19-13-8-6-5-7-12(11)13/h5-8,11H,4,9-10H2,1-3H3,(H,17,18). The molecule has 2 rings (SSSR count). The largest absolute Gasteiger partial charge is 0.493 e. The zero-order valence-electron chi connectivity index (χ0n) is 11.7. The molecule has 4 nitrogen and oxygen atoms in total. The van der Waals surface area contributed by atoms with Crippen molar-refractivity contribution in [2.24, 2.45) is 0 Å². The summed E-state index contributed by atoms with van der Waals surface area (Å²) in [5.74, 6) is 0.382. The smallest absolute Gasteiger partial charge is 0.323 e. The number of benzene rings is 1. The molecule has 1 unspecified atom stereocenters. The third kappa shape index (κ3) is 2.59. The van der Waals surface area contributed by atoms with Gasteiger partial charge in [0, 0.05) is 18.0 Å². The Morgan fingerprint density at radius 2 is 2.16 bits per heavy atom. The van der Waals surface area contributed by atoms with Gasteiger partial charge in [0.05, 0.1) is 6.61 Å². The Bertz CT molecular complexity index is 470. The van der Waals surface area contributed by atoms with E-state index >= 15 is 0 Å². The van der Waals surface area contributed by atoms with Crippen molar-refractivity contribution in [3.8, 4) is 5.75 Å². The molecule has 1 aromatic carbocycles. The zero-order chi connectivity index (χ0) is 14.0. The van der Waals surface area contributed by atoms with Crippen LogP contribution in [0, 0.1) is 0 Å². The van der Waals surface area contributed by atoms with Crippen LogP contribution in [-0.4, -0.2) is 41.2 Å².